The zero-order valence-corrected chi connectivity index (χ0v) is 21.6. The molecule has 0 spiro atoms. The first-order valence-electron chi connectivity index (χ1n) is 13.4. The summed E-state index contributed by atoms with van der Waals surface area (Å²) in [7, 11) is 0. The van der Waals surface area contributed by atoms with Gasteiger partial charge in [-0.3, -0.25) is 14.3 Å². The smallest absolute Gasteiger partial charge is 0.243 e. The summed E-state index contributed by atoms with van der Waals surface area (Å²) >= 11 is 0. The first-order chi connectivity index (χ1) is 16.7. The molecule has 4 fully saturated rings. The number of amides is 2. The van der Waals surface area contributed by atoms with Gasteiger partial charge in [-0.15, -0.1) is 0 Å². The van der Waals surface area contributed by atoms with Crippen molar-refractivity contribution in [2.24, 2.45) is 29.1 Å². The average Bonchev–Trinajstić information content (AvgIpc) is 3.07. The Hall–Kier alpha value is -2.63. The number of hydrogen-bond acceptors (Lipinski definition) is 3. The van der Waals surface area contributed by atoms with Crippen molar-refractivity contribution in [2.45, 2.75) is 85.4 Å². The topological polar surface area (TPSA) is 76.0 Å². The Morgan fingerprint density at radius 1 is 1.03 bits per heavy atom. The Kier molecular flexibility index (Phi) is 6.49. The first kappa shape index (κ1) is 24.1. The predicted octanol–water partition coefficient (Wildman–Crippen LogP) is 4.52. The quantitative estimate of drug-likeness (QED) is 0.588. The number of nitrogens with one attached hydrogen (secondary N) is 2. The van der Waals surface area contributed by atoms with Gasteiger partial charge in [0.15, 0.2) is 0 Å². The van der Waals surface area contributed by atoms with E-state index in [2.05, 4.69) is 29.7 Å². The van der Waals surface area contributed by atoms with Gasteiger partial charge in [-0.1, -0.05) is 44.2 Å². The second-order valence-electron chi connectivity index (χ2n) is 11.9. The van der Waals surface area contributed by atoms with Crippen molar-refractivity contribution in [3.63, 3.8) is 0 Å². The largest absolute Gasteiger partial charge is 0.350 e. The fraction of sp³-hybridized carbons (Fsp3) is 0.621. The normalized spacial score (nSPS) is 27.7. The third kappa shape index (κ3) is 4.76. The van der Waals surface area contributed by atoms with Gasteiger partial charge in [0.2, 0.25) is 11.8 Å². The standard InChI is InChI=1S/C29H40N4O2/c1-18(2)26(31-28(35)29-13-22-10-23(14-29)12-24(11-22)15-29)27(34)30-16-25-19(3)32-33(20(25)4)17-21-8-6-5-7-9-21/h5-9,18,22-24,26H,10-17H2,1-4H3,(H,30,34)(H,31,35). The van der Waals surface area contributed by atoms with Gasteiger partial charge >= 0.3 is 0 Å². The number of aromatic nitrogens is 2. The molecule has 2 amide bonds. The van der Waals surface area contributed by atoms with Crippen LogP contribution in [0.3, 0.4) is 0 Å². The van der Waals surface area contributed by atoms with Crippen LogP contribution in [0.25, 0.3) is 0 Å². The van der Waals surface area contributed by atoms with Gasteiger partial charge in [0.1, 0.15) is 6.04 Å². The highest BCUT2D eigenvalue weighted by Gasteiger charge is 2.55. The molecule has 2 aromatic rings. The Morgan fingerprint density at radius 3 is 2.20 bits per heavy atom. The van der Waals surface area contributed by atoms with Gasteiger partial charge in [0.05, 0.1) is 12.2 Å². The van der Waals surface area contributed by atoms with E-state index >= 15 is 0 Å². The number of nitrogens with zero attached hydrogens (tertiary/aromatic N) is 2. The van der Waals surface area contributed by atoms with Crippen LogP contribution in [0.2, 0.25) is 0 Å². The maximum Gasteiger partial charge on any atom is 0.243 e. The van der Waals surface area contributed by atoms with E-state index in [4.69, 9.17) is 5.10 Å². The molecule has 0 saturated heterocycles. The fourth-order valence-electron chi connectivity index (χ4n) is 7.40. The zero-order valence-electron chi connectivity index (χ0n) is 21.6. The summed E-state index contributed by atoms with van der Waals surface area (Å²) in [6.07, 6.45) is 6.94. The van der Waals surface area contributed by atoms with E-state index in [9.17, 15) is 9.59 Å². The van der Waals surface area contributed by atoms with Crippen molar-refractivity contribution in [3.8, 4) is 0 Å². The van der Waals surface area contributed by atoms with Crippen molar-refractivity contribution >= 4 is 11.8 Å². The van der Waals surface area contributed by atoms with E-state index in [1.54, 1.807) is 0 Å². The van der Waals surface area contributed by atoms with Gasteiger partial charge in [-0.05, 0) is 81.6 Å². The van der Waals surface area contributed by atoms with Crippen LogP contribution in [0.1, 0.15) is 74.9 Å². The third-order valence-electron chi connectivity index (χ3n) is 8.90. The Bertz CT molecular complexity index is 1050. The van der Waals surface area contributed by atoms with Crippen LogP contribution >= 0.6 is 0 Å². The minimum absolute atomic E-state index is 0.0239. The van der Waals surface area contributed by atoms with Gasteiger partial charge in [-0.2, -0.15) is 5.10 Å². The average molecular weight is 477 g/mol. The molecule has 6 rings (SSSR count). The summed E-state index contributed by atoms with van der Waals surface area (Å²) in [6, 6.07) is 9.75. The lowest BCUT2D eigenvalue weighted by Crippen LogP contribution is -2.58. The van der Waals surface area contributed by atoms with E-state index in [1.165, 1.54) is 24.8 Å². The molecule has 0 radical (unpaired) electrons. The molecule has 35 heavy (non-hydrogen) atoms. The molecule has 6 nitrogen and oxygen atoms in total. The fourth-order valence-corrected chi connectivity index (χ4v) is 7.40. The van der Waals surface area contributed by atoms with Crippen molar-refractivity contribution in [1.29, 1.82) is 0 Å². The molecule has 4 aliphatic rings. The lowest BCUT2D eigenvalue weighted by Gasteiger charge is -2.55. The molecule has 1 heterocycles. The number of rotatable bonds is 8. The van der Waals surface area contributed by atoms with Gasteiger partial charge in [0.25, 0.3) is 0 Å². The van der Waals surface area contributed by atoms with E-state index < -0.39 is 6.04 Å². The number of aryl methyl sites for hydroxylation is 1. The maximum absolute atomic E-state index is 13.6. The first-order valence-corrected chi connectivity index (χ1v) is 13.4. The lowest BCUT2D eigenvalue weighted by atomic mass is 9.49. The molecule has 4 aliphatic carbocycles. The summed E-state index contributed by atoms with van der Waals surface area (Å²) in [5.74, 6) is 2.15. The summed E-state index contributed by atoms with van der Waals surface area (Å²) in [5.41, 5.74) is 3.99. The summed E-state index contributed by atoms with van der Waals surface area (Å²) in [4.78, 5) is 26.9. The molecule has 1 atom stereocenters. The molecular formula is C29H40N4O2. The van der Waals surface area contributed by atoms with E-state index in [1.807, 2.05) is 43.7 Å². The minimum Gasteiger partial charge on any atom is -0.350 e. The van der Waals surface area contributed by atoms with Crippen LogP contribution in [0, 0.1) is 42.9 Å². The predicted molar refractivity (Wildman–Crippen MR) is 136 cm³/mol. The van der Waals surface area contributed by atoms with E-state index in [0.29, 0.717) is 30.8 Å². The molecule has 188 valence electrons. The maximum atomic E-state index is 13.6. The summed E-state index contributed by atoms with van der Waals surface area (Å²) < 4.78 is 2.00. The number of carbonyl (C=O) groups excluding carboxylic acids is 2. The third-order valence-corrected chi connectivity index (χ3v) is 8.90. The van der Waals surface area contributed by atoms with Gasteiger partial charge < -0.3 is 10.6 Å². The number of carbonyl (C=O) groups is 2. The van der Waals surface area contributed by atoms with Gasteiger partial charge in [0, 0.05) is 23.2 Å². The highest BCUT2D eigenvalue weighted by molar-refractivity contribution is 5.90. The molecular weight excluding hydrogens is 436 g/mol. The monoisotopic (exact) mass is 476 g/mol. The molecule has 1 aromatic carbocycles. The second-order valence-corrected chi connectivity index (χ2v) is 11.9. The van der Waals surface area contributed by atoms with Crippen LogP contribution in [-0.2, 0) is 22.7 Å². The SMILES string of the molecule is Cc1nn(Cc2ccccc2)c(C)c1CNC(=O)C(NC(=O)C12CC3CC(CC(C3)C1)C2)C(C)C. The Labute approximate surface area is 209 Å². The van der Waals surface area contributed by atoms with Crippen molar-refractivity contribution in [1.82, 2.24) is 20.4 Å². The molecule has 0 aliphatic heterocycles. The highest BCUT2D eigenvalue weighted by atomic mass is 16.2. The van der Waals surface area contributed by atoms with Crippen LogP contribution in [0.5, 0.6) is 0 Å². The minimum atomic E-state index is -0.518. The second kappa shape index (κ2) is 9.44. The summed E-state index contributed by atoms with van der Waals surface area (Å²) in [5, 5.41) is 11.0. The molecule has 4 bridgehead atoms. The van der Waals surface area contributed by atoms with Crippen LogP contribution < -0.4 is 10.6 Å². The Balaban J connectivity index is 1.23. The lowest BCUT2D eigenvalue weighted by molar-refractivity contribution is -0.149. The van der Waals surface area contributed by atoms with Crippen molar-refractivity contribution < 1.29 is 9.59 Å². The number of benzene rings is 1. The van der Waals surface area contributed by atoms with Crippen LogP contribution in [0.15, 0.2) is 30.3 Å². The molecule has 1 unspecified atom stereocenters. The number of hydrogen-bond donors (Lipinski definition) is 2. The van der Waals surface area contributed by atoms with Crippen molar-refractivity contribution in [2.75, 3.05) is 0 Å². The summed E-state index contributed by atoms with van der Waals surface area (Å²) in [6.45, 7) is 9.19. The van der Waals surface area contributed by atoms with Crippen molar-refractivity contribution in [3.05, 3.63) is 52.8 Å². The van der Waals surface area contributed by atoms with Gasteiger partial charge in [-0.25, -0.2) is 0 Å². The molecule has 1 aromatic heterocycles. The van der Waals surface area contributed by atoms with Crippen LogP contribution in [-0.4, -0.2) is 27.6 Å². The molecule has 2 N–H and O–H groups in total. The Morgan fingerprint density at radius 2 is 1.63 bits per heavy atom. The van der Waals surface area contributed by atoms with E-state index in [-0.39, 0.29) is 23.1 Å². The zero-order chi connectivity index (χ0) is 24.7. The molecule has 4 saturated carbocycles. The molecule has 6 heteroatoms. The van der Waals surface area contributed by atoms with E-state index in [0.717, 1.165) is 36.2 Å². The highest BCUT2D eigenvalue weighted by Crippen LogP contribution is 2.60. The van der Waals surface area contributed by atoms with Crippen LogP contribution in [0.4, 0.5) is 0 Å².